The zero-order chi connectivity index (χ0) is 12.4. The maximum atomic E-state index is 12.4. The van der Waals surface area contributed by atoms with Gasteiger partial charge in [0, 0.05) is 31.7 Å². The van der Waals surface area contributed by atoms with E-state index in [1.165, 1.54) is 19.3 Å². The standard InChI is InChI=1S/C14H24N2O2/c17-13(12-4-1-9-18-12)16-8-3-6-14(11-16)5-2-7-15-10-14/h12,15H,1-11H2/t12-,14?/m1/s1. The molecule has 0 aliphatic carbocycles. The van der Waals surface area contributed by atoms with Crippen LogP contribution in [0.3, 0.4) is 0 Å². The summed E-state index contributed by atoms with van der Waals surface area (Å²) in [5, 5.41) is 3.51. The highest BCUT2D eigenvalue weighted by Gasteiger charge is 2.40. The third kappa shape index (κ3) is 2.41. The van der Waals surface area contributed by atoms with Crippen LogP contribution in [0.25, 0.3) is 0 Å². The van der Waals surface area contributed by atoms with Gasteiger partial charge in [0.1, 0.15) is 6.10 Å². The molecule has 2 atom stereocenters. The maximum Gasteiger partial charge on any atom is 0.251 e. The predicted octanol–water partition coefficient (Wildman–Crippen LogP) is 1.16. The van der Waals surface area contributed by atoms with E-state index in [-0.39, 0.29) is 12.0 Å². The summed E-state index contributed by atoms with van der Waals surface area (Å²) in [6, 6.07) is 0. The lowest BCUT2D eigenvalue weighted by molar-refractivity contribution is -0.144. The summed E-state index contributed by atoms with van der Waals surface area (Å²) in [7, 11) is 0. The molecule has 4 nitrogen and oxygen atoms in total. The summed E-state index contributed by atoms with van der Waals surface area (Å²) in [5.41, 5.74) is 0.352. The maximum absolute atomic E-state index is 12.4. The molecule has 0 radical (unpaired) electrons. The Bertz CT molecular complexity index is 301. The van der Waals surface area contributed by atoms with E-state index in [2.05, 4.69) is 10.2 Å². The zero-order valence-corrected chi connectivity index (χ0v) is 11.1. The van der Waals surface area contributed by atoms with Crippen molar-refractivity contribution in [2.45, 2.75) is 44.6 Å². The Balaban J connectivity index is 1.64. The lowest BCUT2D eigenvalue weighted by atomic mass is 9.74. The van der Waals surface area contributed by atoms with Crippen LogP contribution in [-0.2, 0) is 9.53 Å². The molecule has 4 heteroatoms. The van der Waals surface area contributed by atoms with Crippen LogP contribution in [0, 0.1) is 5.41 Å². The van der Waals surface area contributed by atoms with E-state index >= 15 is 0 Å². The molecule has 3 aliphatic rings. The normalized spacial score (nSPS) is 37.1. The van der Waals surface area contributed by atoms with Crippen LogP contribution in [-0.4, -0.2) is 49.7 Å². The molecule has 1 amide bonds. The molecule has 1 spiro atoms. The smallest absolute Gasteiger partial charge is 0.251 e. The highest BCUT2D eigenvalue weighted by atomic mass is 16.5. The molecular formula is C14H24N2O2. The van der Waals surface area contributed by atoms with E-state index in [0.717, 1.165) is 52.0 Å². The van der Waals surface area contributed by atoms with Crippen LogP contribution >= 0.6 is 0 Å². The zero-order valence-electron chi connectivity index (χ0n) is 11.1. The molecule has 1 unspecified atom stereocenters. The van der Waals surface area contributed by atoms with Gasteiger partial charge in [0.25, 0.3) is 5.91 Å². The van der Waals surface area contributed by atoms with Crippen LogP contribution in [0.1, 0.15) is 38.5 Å². The average Bonchev–Trinajstić information content (AvgIpc) is 2.93. The third-order valence-corrected chi connectivity index (χ3v) is 4.74. The van der Waals surface area contributed by atoms with E-state index in [0.29, 0.717) is 5.41 Å². The Morgan fingerprint density at radius 2 is 2.17 bits per heavy atom. The fraction of sp³-hybridized carbons (Fsp3) is 0.929. The second-order valence-corrected chi connectivity index (χ2v) is 6.15. The van der Waals surface area contributed by atoms with Crippen molar-refractivity contribution < 1.29 is 9.53 Å². The van der Waals surface area contributed by atoms with Gasteiger partial charge in [0.15, 0.2) is 0 Å². The van der Waals surface area contributed by atoms with Gasteiger partial charge in [-0.05, 0) is 45.1 Å². The van der Waals surface area contributed by atoms with Gasteiger partial charge in [0.05, 0.1) is 0 Å². The van der Waals surface area contributed by atoms with E-state index < -0.39 is 0 Å². The molecule has 102 valence electrons. The number of rotatable bonds is 1. The minimum Gasteiger partial charge on any atom is -0.368 e. The summed E-state index contributed by atoms with van der Waals surface area (Å²) in [5.74, 6) is 0.247. The predicted molar refractivity (Wildman–Crippen MR) is 69.3 cm³/mol. The van der Waals surface area contributed by atoms with Gasteiger partial charge in [-0.3, -0.25) is 4.79 Å². The highest BCUT2D eigenvalue weighted by molar-refractivity contribution is 5.81. The minimum absolute atomic E-state index is 0.142. The van der Waals surface area contributed by atoms with Crippen LogP contribution in [0.2, 0.25) is 0 Å². The van der Waals surface area contributed by atoms with E-state index in [1.54, 1.807) is 0 Å². The molecule has 3 saturated heterocycles. The highest BCUT2D eigenvalue weighted by Crippen LogP contribution is 2.36. The largest absolute Gasteiger partial charge is 0.368 e. The first-order chi connectivity index (χ1) is 8.79. The summed E-state index contributed by atoms with van der Waals surface area (Å²) >= 11 is 0. The number of nitrogens with zero attached hydrogens (tertiary/aromatic N) is 1. The molecule has 0 aromatic carbocycles. The number of ether oxygens (including phenoxy) is 1. The molecule has 3 heterocycles. The molecule has 3 fully saturated rings. The molecule has 0 bridgehead atoms. The summed E-state index contributed by atoms with van der Waals surface area (Å²) in [6.07, 6.45) is 6.77. The molecular weight excluding hydrogens is 228 g/mol. The lowest BCUT2D eigenvalue weighted by Gasteiger charge is -2.45. The average molecular weight is 252 g/mol. The quantitative estimate of drug-likeness (QED) is 0.761. The molecule has 3 rings (SSSR count). The first-order valence-corrected chi connectivity index (χ1v) is 7.40. The number of piperidine rings is 2. The van der Waals surface area contributed by atoms with Crippen molar-refractivity contribution in [1.29, 1.82) is 0 Å². The molecule has 1 N–H and O–H groups in total. The lowest BCUT2D eigenvalue weighted by Crippen LogP contribution is -2.54. The number of hydrogen-bond donors (Lipinski definition) is 1. The Hall–Kier alpha value is -0.610. The monoisotopic (exact) mass is 252 g/mol. The van der Waals surface area contributed by atoms with Gasteiger partial charge in [-0.15, -0.1) is 0 Å². The van der Waals surface area contributed by atoms with Crippen molar-refractivity contribution >= 4 is 5.91 Å². The van der Waals surface area contributed by atoms with Crippen LogP contribution in [0.4, 0.5) is 0 Å². The third-order valence-electron chi connectivity index (χ3n) is 4.74. The van der Waals surface area contributed by atoms with Gasteiger partial charge < -0.3 is 15.0 Å². The minimum atomic E-state index is -0.142. The van der Waals surface area contributed by atoms with Crippen molar-refractivity contribution in [3.8, 4) is 0 Å². The SMILES string of the molecule is O=C([C@H]1CCCO1)N1CCCC2(CCCNC2)C1. The van der Waals surface area contributed by atoms with Crippen LogP contribution < -0.4 is 5.32 Å². The van der Waals surface area contributed by atoms with Crippen molar-refractivity contribution in [2.75, 3.05) is 32.8 Å². The van der Waals surface area contributed by atoms with Crippen LogP contribution in [0.15, 0.2) is 0 Å². The van der Waals surface area contributed by atoms with Crippen molar-refractivity contribution in [2.24, 2.45) is 5.41 Å². The Morgan fingerprint density at radius 1 is 1.28 bits per heavy atom. The summed E-state index contributed by atoms with van der Waals surface area (Å²) in [4.78, 5) is 14.5. The van der Waals surface area contributed by atoms with E-state index in [9.17, 15) is 4.79 Å². The topological polar surface area (TPSA) is 41.6 Å². The Morgan fingerprint density at radius 3 is 2.89 bits per heavy atom. The van der Waals surface area contributed by atoms with Gasteiger partial charge in [-0.1, -0.05) is 0 Å². The van der Waals surface area contributed by atoms with Crippen molar-refractivity contribution in [3.63, 3.8) is 0 Å². The molecule has 0 saturated carbocycles. The summed E-state index contributed by atoms with van der Waals surface area (Å²) < 4.78 is 5.54. The Labute approximate surface area is 109 Å². The first-order valence-electron chi connectivity index (χ1n) is 7.40. The number of hydrogen-bond acceptors (Lipinski definition) is 3. The van der Waals surface area contributed by atoms with Gasteiger partial charge in [0.2, 0.25) is 0 Å². The summed E-state index contributed by atoms with van der Waals surface area (Å²) in [6.45, 7) is 4.86. The number of amides is 1. The number of carbonyl (C=O) groups is 1. The number of likely N-dealkylation sites (tertiary alicyclic amines) is 1. The van der Waals surface area contributed by atoms with Crippen molar-refractivity contribution in [1.82, 2.24) is 10.2 Å². The van der Waals surface area contributed by atoms with E-state index in [1.807, 2.05) is 0 Å². The Kier molecular flexibility index (Phi) is 3.57. The van der Waals surface area contributed by atoms with Crippen LogP contribution in [0.5, 0.6) is 0 Å². The second-order valence-electron chi connectivity index (χ2n) is 6.15. The molecule has 0 aromatic heterocycles. The number of carbonyl (C=O) groups excluding carboxylic acids is 1. The van der Waals surface area contributed by atoms with Gasteiger partial charge in [-0.25, -0.2) is 0 Å². The van der Waals surface area contributed by atoms with Crippen molar-refractivity contribution in [3.05, 3.63) is 0 Å². The van der Waals surface area contributed by atoms with Gasteiger partial charge in [-0.2, -0.15) is 0 Å². The molecule has 18 heavy (non-hydrogen) atoms. The van der Waals surface area contributed by atoms with Gasteiger partial charge >= 0.3 is 0 Å². The fourth-order valence-electron chi connectivity index (χ4n) is 3.75. The molecule has 3 aliphatic heterocycles. The first kappa shape index (κ1) is 12.4. The second kappa shape index (κ2) is 5.17. The number of nitrogens with one attached hydrogen (secondary N) is 1. The van der Waals surface area contributed by atoms with E-state index in [4.69, 9.17) is 4.74 Å². The molecule has 0 aromatic rings. The fourth-order valence-corrected chi connectivity index (χ4v) is 3.75.